The van der Waals surface area contributed by atoms with Gasteiger partial charge in [0.2, 0.25) is 0 Å². The van der Waals surface area contributed by atoms with E-state index in [0.717, 1.165) is 34.1 Å². The fraction of sp³-hybridized carbons (Fsp3) is 0.381. The lowest BCUT2D eigenvalue weighted by molar-refractivity contribution is 0.0447. The number of aliphatic hydroxyl groups excluding tert-OH is 1. The van der Waals surface area contributed by atoms with Gasteiger partial charge in [0.05, 0.1) is 3.57 Å². The number of ether oxygens (including phenoxy) is 1. The molecule has 0 aliphatic rings. The second-order valence-corrected chi connectivity index (χ2v) is 8.02. The number of benzene rings is 1. The lowest BCUT2D eigenvalue weighted by Gasteiger charge is -2.32. The van der Waals surface area contributed by atoms with Gasteiger partial charge in [0.1, 0.15) is 17.6 Å². The number of hydrogen-bond acceptors (Lipinski definition) is 3. The zero-order valence-corrected chi connectivity index (χ0v) is 17.2. The molecule has 1 unspecified atom stereocenters. The highest BCUT2D eigenvalue weighted by atomic mass is 127. The van der Waals surface area contributed by atoms with Crippen LogP contribution in [0.25, 0.3) is 6.08 Å². The molecular formula is C21H26INO2. The van der Waals surface area contributed by atoms with E-state index in [0.29, 0.717) is 5.76 Å². The van der Waals surface area contributed by atoms with E-state index >= 15 is 0 Å². The molecule has 0 saturated heterocycles. The number of hydrogen-bond donors (Lipinski definition) is 1. The quantitative estimate of drug-likeness (QED) is 0.415. The Morgan fingerprint density at radius 3 is 2.68 bits per heavy atom. The lowest BCUT2D eigenvalue weighted by atomic mass is 9.80. The Kier molecular flexibility index (Phi) is 7.44. The Morgan fingerprint density at radius 2 is 2.04 bits per heavy atom. The monoisotopic (exact) mass is 451 g/mol. The molecule has 1 aromatic heterocycles. The van der Waals surface area contributed by atoms with Crippen LogP contribution in [0.1, 0.15) is 45.6 Å². The van der Waals surface area contributed by atoms with Gasteiger partial charge in [0.15, 0.2) is 0 Å². The molecule has 0 amide bonds. The third kappa shape index (κ3) is 5.82. The SMILES string of the molecule is CCCCC(C)(C)C(O)C(=Cc1cccnc1)Oc1ccccc1I. The first kappa shape index (κ1) is 19.9. The third-order valence-corrected chi connectivity index (χ3v) is 5.13. The second kappa shape index (κ2) is 9.34. The van der Waals surface area contributed by atoms with Crippen molar-refractivity contribution in [2.45, 2.75) is 46.1 Å². The molecule has 3 nitrogen and oxygen atoms in total. The third-order valence-electron chi connectivity index (χ3n) is 4.24. The first-order valence-corrected chi connectivity index (χ1v) is 9.74. The number of rotatable bonds is 8. The van der Waals surface area contributed by atoms with Gasteiger partial charge in [-0.1, -0.05) is 51.8 Å². The molecule has 0 radical (unpaired) electrons. The molecule has 0 saturated carbocycles. The summed E-state index contributed by atoms with van der Waals surface area (Å²) in [6.07, 6.45) is 7.81. The molecule has 2 aromatic rings. The maximum atomic E-state index is 11.1. The van der Waals surface area contributed by atoms with Crippen molar-refractivity contribution in [1.82, 2.24) is 4.98 Å². The maximum Gasteiger partial charge on any atom is 0.140 e. The molecule has 25 heavy (non-hydrogen) atoms. The largest absolute Gasteiger partial charge is 0.458 e. The fourth-order valence-electron chi connectivity index (χ4n) is 2.60. The lowest BCUT2D eigenvalue weighted by Crippen LogP contribution is -2.33. The normalized spacial score (nSPS) is 13.6. The first-order valence-electron chi connectivity index (χ1n) is 8.66. The summed E-state index contributed by atoms with van der Waals surface area (Å²) < 4.78 is 7.16. The Labute approximate surface area is 164 Å². The van der Waals surface area contributed by atoms with Crippen molar-refractivity contribution in [3.63, 3.8) is 0 Å². The summed E-state index contributed by atoms with van der Waals surface area (Å²) in [4.78, 5) is 4.15. The minimum atomic E-state index is -0.699. The van der Waals surface area contributed by atoms with E-state index in [4.69, 9.17) is 4.74 Å². The van der Waals surface area contributed by atoms with Crippen molar-refractivity contribution in [2.24, 2.45) is 5.41 Å². The summed E-state index contributed by atoms with van der Waals surface area (Å²) in [5.74, 6) is 1.31. The van der Waals surface area contributed by atoms with Gasteiger partial charge in [-0.3, -0.25) is 4.98 Å². The number of aliphatic hydroxyl groups is 1. The molecule has 1 aromatic carbocycles. The average Bonchev–Trinajstić information content (AvgIpc) is 2.61. The van der Waals surface area contributed by atoms with Crippen molar-refractivity contribution < 1.29 is 9.84 Å². The predicted octanol–water partition coefficient (Wildman–Crippen LogP) is 5.68. The topological polar surface area (TPSA) is 42.4 Å². The summed E-state index contributed by atoms with van der Waals surface area (Å²) in [7, 11) is 0. The van der Waals surface area contributed by atoms with Gasteiger partial charge in [-0.05, 0) is 64.3 Å². The number of nitrogens with zero attached hydrogens (tertiary/aromatic N) is 1. The number of pyridine rings is 1. The molecule has 1 heterocycles. The van der Waals surface area contributed by atoms with Crippen LogP contribution in [0.5, 0.6) is 5.75 Å². The highest BCUT2D eigenvalue weighted by Crippen LogP contribution is 2.34. The summed E-state index contributed by atoms with van der Waals surface area (Å²) in [6, 6.07) is 11.7. The average molecular weight is 451 g/mol. The summed E-state index contributed by atoms with van der Waals surface area (Å²) in [5, 5.41) is 11.1. The van der Waals surface area contributed by atoms with Crippen molar-refractivity contribution >= 4 is 28.7 Å². The van der Waals surface area contributed by atoms with Gasteiger partial charge in [-0.15, -0.1) is 0 Å². The minimum absolute atomic E-state index is 0.274. The van der Waals surface area contributed by atoms with Gasteiger partial charge in [0, 0.05) is 12.4 Å². The molecule has 1 N–H and O–H groups in total. The van der Waals surface area contributed by atoms with Crippen molar-refractivity contribution in [1.29, 1.82) is 0 Å². The van der Waals surface area contributed by atoms with E-state index in [2.05, 4.69) is 48.3 Å². The van der Waals surface area contributed by atoms with E-state index in [-0.39, 0.29) is 5.41 Å². The molecular weight excluding hydrogens is 425 g/mol. The molecule has 134 valence electrons. The molecule has 2 rings (SSSR count). The van der Waals surface area contributed by atoms with Gasteiger partial charge >= 0.3 is 0 Å². The number of halogens is 1. The van der Waals surface area contributed by atoms with E-state index in [1.54, 1.807) is 12.4 Å². The maximum absolute atomic E-state index is 11.1. The Bertz CT molecular complexity index is 698. The fourth-order valence-corrected chi connectivity index (χ4v) is 3.10. The van der Waals surface area contributed by atoms with E-state index in [1.807, 2.05) is 42.5 Å². The summed E-state index contributed by atoms with van der Waals surface area (Å²) in [5.41, 5.74) is 0.637. The second-order valence-electron chi connectivity index (χ2n) is 6.86. The van der Waals surface area contributed by atoms with Crippen LogP contribution in [0, 0.1) is 8.99 Å². The Morgan fingerprint density at radius 1 is 1.28 bits per heavy atom. The van der Waals surface area contributed by atoms with Crippen LogP contribution in [0.3, 0.4) is 0 Å². The van der Waals surface area contributed by atoms with Crippen LogP contribution in [0.4, 0.5) is 0 Å². The highest BCUT2D eigenvalue weighted by molar-refractivity contribution is 14.1. The van der Waals surface area contributed by atoms with Crippen molar-refractivity contribution in [3.05, 3.63) is 63.7 Å². The number of aromatic nitrogens is 1. The molecule has 0 aliphatic carbocycles. The van der Waals surface area contributed by atoms with Crippen LogP contribution < -0.4 is 4.74 Å². The molecule has 0 aliphatic heterocycles. The smallest absolute Gasteiger partial charge is 0.140 e. The Balaban J connectivity index is 2.35. The van der Waals surface area contributed by atoms with E-state index in [1.165, 1.54) is 0 Å². The minimum Gasteiger partial charge on any atom is -0.458 e. The van der Waals surface area contributed by atoms with Crippen molar-refractivity contribution in [2.75, 3.05) is 0 Å². The number of unbranched alkanes of at least 4 members (excludes halogenated alkanes) is 1. The summed E-state index contributed by atoms with van der Waals surface area (Å²) in [6.45, 7) is 6.34. The predicted molar refractivity (Wildman–Crippen MR) is 111 cm³/mol. The molecule has 0 spiro atoms. The van der Waals surface area contributed by atoms with E-state index in [9.17, 15) is 5.11 Å². The van der Waals surface area contributed by atoms with Crippen LogP contribution in [0.2, 0.25) is 0 Å². The zero-order chi connectivity index (χ0) is 18.3. The standard InChI is InChI=1S/C21H26INO2/c1-4-5-12-21(2,3)20(24)19(14-16-9-8-13-23-15-16)25-18-11-7-6-10-17(18)22/h6-11,13-15,20,24H,4-5,12H2,1-3H3. The van der Waals surface area contributed by atoms with Crippen LogP contribution in [-0.4, -0.2) is 16.2 Å². The van der Waals surface area contributed by atoms with Gasteiger partial charge in [-0.2, -0.15) is 0 Å². The molecule has 0 bridgehead atoms. The van der Waals surface area contributed by atoms with Gasteiger partial charge in [0.25, 0.3) is 0 Å². The van der Waals surface area contributed by atoms with Crippen LogP contribution >= 0.6 is 22.6 Å². The molecule has 0 fully saturated rings. The van der Waals surface area contributed by atoms with Crippen molar-refractivity contribution in [3.8, 4) is 5.75 Å². The Hall–Kier alpha value is -1.40. The molecule has 4 heteroatoms. The van der Waals surface area contributed by atoms with Crippen LogP contribution in [0.15, 0.2) is 54.6 Å². The zero-order valence-electron chi connectivity index (χ0n) is 15.1. The molecule has 1 atom stereocenters. The number of para-hydroxylation sites is 1. The first-order chi connectivity index (χ1) is 11.9. The van der Waals surface area contributed by atoms with E-state index < -0.39 is 6.10 Å². The van der Waals surface area contributed by atoms with Gasteiger partial charge < -0.3 is 9.84 Å². The highest BCUT2D eigenvalue weighted by Gasteiger charge is 2.32. The van der Waals surface area contributed by atoms with Crippen LogP contribution in [-0.2, 0) is 0 Å². The summed E-state index contributed by atoms with van der Waals surface area (Å²) >= 11 is 2.25. The van der Waals surface area contributed by atoms with Gasteiger partial charge in [-0.25, -0.2) is 0 Å².